The minimum atomic E-state index is -5.21. The molecule has 8 atom stereocenters. The van der Waals surface area contributed by atoms with Gasteiger partial charge in [0.1, 0.15) is 55.2 Å². The van der Waals surface area contributed by atoms with Gasteiger partial charge in [0.05, 0.1) is 38.7 Å². The first kappa shape index (κ1) is 104. The quantitative estimate of drug-likeness (QED) is 0.0175. The van der Waals surface area contributed by atoms with E-state index in [2.05, 4.69) is 38.3 Å². The van der Waals surface area contributed by atoms with Crippen LogP contribution in [0.5, 0.6) is 11.5 Å². The molecule has 1 aliphatic rings. The Morgan fingerprint density at radius 1 is 0.491 bits per heavy atom. The van der Waals surface area contributed by atoms with Crippen LogP contribution in [-0.2, 0) is 77.5 Å². The second kappa shape index (κ2) is 61.7. The summed E-state index contributed by atoms with van der Waals surface area (Å²) in [5, 5.41) is 5.70. The van der Waals surface area contributed by atoms with Crippen molar-refractivity contribution in [3.63, 3.8) is 0 Å². The second-order valence-electron chi connectivity index (χ2n) is 31.0. The maximum Gasteiger partial charge on any atom is 0.588 e. The van der Waals surface area contributed by atoms with E-state index >= 15 is 9.36 Å². The van der Waals surface area contributed by atoms with E-state index in [-0.39, 0.29) is 56.4 Å². The zero-order valence-electron chi connectivity index (χ0n) is 70.0. The summed E-state index contributed by atoms with van der Waals surface area (Å²) in [7, 11) is -5.21. The summed E-state index contributed by atoms with van der Waals surface area (Å²) in [6, 6.07) is 22.0. The lowest BCUT2D eigenvalue weighted by Crippen LogP contribution is -2.67. The van der Waals surface area contributed by atoms with Gasteiger partial charge in [-0.25, -0.2) is 14.2 Å². The van der Waals surface area contributed by atoms with E-state index in [0.717, 1.165) is 147 Å². The molecular weight excluding hydrogens is 1630 g/mol. The molecule has 3 aromatic rings. The third-order valence-electron chi connectivity index (χ3n) is 20.0. The summed E-state index contributed by atoms with van der Waals surface area (Å²) in [5.41, 5.74) is -1.03. The summed E-state index contributed by atoms with van der Waals surface area (Å²) >= 11 is 37.4. The van der Waals surface area contributed by atoms with Crippen LogP contribution in [0.15, 0.2) is 91.0 Å². The summed E-state index contributed by atoms with van der Waals surface area (Å²) in [4.78, 5) is 86.5. The Bertz CT molecular complexity index is 3100. The standard InChI is InChI=1S/C88H137Cl6N2O19P/c1-7-11-15-19-23-27-31-35-44-58-73(108-77(98)60-50-37-33-29-25-21-17-13-9-3)62-76(97)95-70(65-104-64-69-52-42-39-43-53-69)66-105-83-80(96-84(101)107-68-87(89,90)91)82(111-79(100)63-74(59-45-36-32-28-24-20-16-12-8-2)109-78(99)61-51-38-34-30-26-22-18-14-10-4)81(75(110-83)67-106-85(102)112-86(5,6)88(92,93)94)115-116(103,113-71-54-46-40-47-55-71)114-72-56-48-41-49-57-72/h39-43,46-49,52-57,70,73-75,80-83H,7-38,44-45,50-51,58-68H2,1-6H3,(H,95,97)(H,96,101)/t70-,73+,74+,75+,80+,81+,82+,83+/m0/s1. The van der Waals surface area contributed by atoms with Crippen LogP contribution in [-0.4, -0.2) is 125 Å². The molecule has 0 radical (unpaired) electrons. The number of hydrogen-bond acceptors (Lipinski definition) is 19. The van der Waals surface area contributed by atoms with Crippen LogP contribution in [0.4, 0.5) is 9.59 Å². The molecule has 0 aliphatic carbocycles. The Labute approximate surface area is 723 Å². The van der Waals surface area contributed by atoms with Gasteiger partial charge in [-0.3, -0.25) is 23.7 Å². The van der Waals surface area contributed by atoms with Crippen LogP contribution < -0.4 is 19.7 Å². The Hall–Kier alpha value is -4.51. The fraction of sp³-hybridized carbons (Fsp3) is 0.727. The number of carbonyl (C=O) groups excluding carboxylic acids is 6. The van der Waals surface area contributed by atoms with Crippen molar-refractivity contribution >= 4 is 113 Å². The van der Waals surface area contributed by atoms with Crippen LogP contribution >= 0.6 is 77.4 Å². The van der Waals surface area contributed by atoms with Crippen LogP contribution in [0.2, 0.25) is 0 Å². The van der Waals surface area contributed by atoms with E-state index in [4.69, 9.17) is 126 Å². The van der Waals surface area contributed by atoms with Crippen molar-refractivity contribution in [2.75, 3.05) is 26.4 Å². The number of rotatable bonds is 66. The summed E-state index contributed by atoms with van der Waals surface area (Å²) < 4.78 is 86.3. The molecule has 3 aromatic carbocycles. The number of phosphoric ester groups is 1. The fourth-order valence-electron chi connectivity index (χ4n) is 13.3. The number of unbranched alkanes of at least 4 members (excludes halogenated alkanes) is 32. The lowest BCUT2D eigenvalue weighted by molar-refractivity contribution is -0.272. The highest BCUT2D eigenvalue weighted by molar-refractivity contribution is 7.49. The lowest BCUT2D eigenvalue weighted by Gasteiger charge is -2.45. The number of alkyl halides is 6. The van der Waals surface area contributed by atoms with E-state index in [0.29, 0.717) is 32.1 Å². The number of para-hydroxylation sites is 2. The average molecular weight is 1770 g/mol. The summed E-state index contributed by atoms with van der Waals surface area (Å²) in [5.74, 6) is -2.50. The molecule has 28 heteroatoms. The molecule has 1 aliphatic heterocycles. The van der Waals surface area contributed by atoms with E-state index in [9.17, 15) is 24.0 Å². The van der Waals surface area contributed by atoms with Crippen molar-refractivity contribution in [3.8, 4) is 11.5 Å². The number of phosphoric acid groups is 1. The maximum atomic E-state index is 16.0. The number of hydrogen-bond donors (Lipinski definition) is 2. The van der Waals surface area contributed by atoms with Crippen LogP contribution in [0.25, 0.3) is 0 Å². The minimum absolute atomic E-state index is 0.0262. The minimum Gasteiger partial charge on any atom is -0.462 e. The van der Waals surface area contributed by atoms with E-state index < -0.39 is 126 Å². The molecule has 116 heavy (non-hydrogen) atoms. The number of carbonyl (C=O) groups is 6. The smallest absolute Gasteiger partial charge is 0.462 e. The van der Waals surface area contributed by atoms with Gasteiger partial charge in [0.2, 0.25) is 13.5 Å². The summed E-state index contributed by atoms with van der Waals surface area (Å²) in [6.45, 7) is 8.98. The Morgan fingerprint density at radius 2 is 0.905 bits per heavy atom. The van der Waals surface area contributed by atoms with Gasteiger partial charge >= 0.3 is 38.0 Å². The molecule has 1 fully saturated rings. The van der Waals surface area contributed by atoms with Gasteiger partial charge in [-0.15, -0.1) is 0 Å². The molecule has 21 nitrogen and oxygen atoms in total. The predicted molar refractivity (Wildman–Crippen MR) is 461 cm³/mol. The lowest BCUT2D eigenvalue weighted by atomic mass is 9.96. The molecular formula is C88H137Cl6N2O19P. The topological polar surface area (TPSA) is 254 Å². The zero-order valence-corrected chi connectivity index (χ0v) is 75.4. The second-order valence-corrected chi connectivity index (χ2v) is 37.2. The number of benzene rings is 3. The molecule has 2 N–H and O–H groups in total. The van der Waals surface area contributed by atoms with Crippen molar-refractivity contribution in [1.82, 2.24) is 10.6 Å². The third kappa shape index (κ3) is 48.8. The highest BCUT2D eigenvalue weighted by Gasteiger charge is 2.55. The maximum absolute atomic E-state index is 16.0. The molecule has 4 rings (SSSR count). The number of nitrogens with one attached hydrogen (secondary N) is 2. The fourth-order valence-corrected chi connectivity index (χ4v) is 15.1. The van der Waals surface area contributed by atoms with Crippen molar-refractivity contribution in [2.45, 2.75) is 380 Å². The van der Waals surface area contributed by atoms with Crippen molar-refractivity contribution in [2.24, 2.45) is 0 Å². The molecule has 1 heterocycles. The number of amides is 2. The van der Waals surface area contributed by atoms with Gasteiger partial charge in [-0.1, -0.05) is 369 Å². The van der Waals surface area contributed by atoms with Crippen molar-refractivity contribution in [3.05, 3.63) is 96.6 Å². The monoisotopic (exact) mass is 1770 g/mol. The van der Waals surface area contributed by atoms with Crippen LogP contribution in [0.1, 0.15) is 317 Å². The van der Waals surface area contributed by atoms with Gasteiger partial charge in [0.15, 0.2) is 18.0 Å². The van der Waals surface area contributed by atoms with E-state index in [1.807, 2.05) is 30.3 Å². The van der Waals surface area contributed by atoms with Gasteiger partial charge in [0, 0.05) is 12.8 Å². The van der Waals surface area contributed by atoms with Crippen molar-refractivity contribution in [1.29, 1.82) is 0 Å². The molecule has 1 saturated heterocycles. The molecule has 0 aromatic heterocycles. The number of esters is 3. The third-order valence-corrected chi connectivity index (χ3v) is 23.1. The highest BCUT2D eigenvalue weighted by atomic mass is 35.6. The largest absolute Gasteiger partial charge is 0.588 e. The zero-order chi connectivity index (χ0) is 84.6. The van der Waals surface area contributed by atoms with Gasteiger partial charge in [-0.05, 0) is 82.2 Å². The molecule has 0 spiro atoms. The van der Waals surface area contributed by atoms with E-state index in [1.165, 1.54) is 102 Å². The average Bonchev–Trinajstić information content (AvgIpc) is 0.770. The SMILES string of the molecule is CCCCCCCCCCCC(=O)O[C@H](CCCCCCCCCCC)CC(=O)N[C@@H](COCc1ccccc1)CO[C@@H]1O[C@H](COC(=O)OC(C)(C)C(Cl)(Cl)Cl)[C@@H](OP(=O)(Oc2ccccc2)Oc2ccccc2)[C@H](OC(=O)C[C@@H](CCCCCCCCCCC)OC(=O)CCCCCCCCCCC)[C@H]1NC(=O)OCC(Cl)(Cl)Cl. The number of ether oxygens (including phenoxy) is 9. The normalized spacial score (nSPS) is 16.6. The van der Waals surface area contributed by atoms with Crippen LogP contribution in [0.3, 0.4) is 0 Å². The molecule has 0 saturated carbocycles. The molecule has 2 amide bonds. The first-order valence-electron chi connectivity index (χ1n) is 43.2. The van der Waals surface area contributed by atoms with Gasteiger partial charge in [0.25, 0.3) is 0 Å². The molecule has 660 valence electrons. The van der Waals surface area contributed by atoms with E-state index in [1.54, 1.807) is 36.4 Å². The van der Waals surface area contributed by atoms with Crippen LogP contribution in [0, 0.1) is 0 Å². The highest BCUT2D eigenvalue weighted by Crippen LogP contribution is 2.53. The summed E-state index contributed by atoms with van der Waals surface area (Å²) in [6.07, 6.45) is 25.2. The predicted octanol–water partition coefficient (Wildman–Crippen LogP) is 25.0. The van der Waals surface area contributed by atoms with Gasteiger partial charge in [-0.2, -0.15) is 0 Å². The first-order valence-corrected chi connectivity index (χ1v) is 46.9. The Morgan fingerprint density at radius 3 is 1.34 bits per heavy atom. The number of halogens is 6. The molecule has 0 bridgehead atoms. The first-order chi connectivity index (χ1) is 55.7. The Kier molecular flexibility index (Phi) is 55.3. The number of alkyl carbamates (subject to hydrolysis) is 1. The Balaban J connectivity index is 1.89. The van der Waals surface area contributed by atoms with Gasteiger partial charge < -0.3 is 62.3 Å². The van der Waals surface area contributed by atoms with Crippen molar-refractivity contribution < 1.29 is 89.5 Å². The molecule has 0 unspecified atom stereocenters.